The standard InChI is InChI=1S/C17H18N4O2/c18-20-19-15(22)6-9-17-8-3-10-21-14-5-2-1-4-12(14)13(16(17)21)7-11-23-17/h1-2,4-5H,3,6-11H2. The summed E-state index contributed by atoms with van der Waals surface area (Å²) < 4.78 is 8.59. The molecule has 118 valence electrons. The van der Waals surface area contributed by atoms with Gasteiger partial charge in [0.1, 0.15) is 5.60 Å². The Balaban J connectivity index is 1.81. The Labute approximate surface area is 133 Å². The van der Waals surface area contributed by atoms with Crippen LogP contribution in [0.4, 0.5) is 0 Å². The number of azide groups is 1. The van der Waals surface area contributed by atoms with Gasteiger partial charge < -0.3 is 9.30 Å². The van der Waals surface area contributed by atoms with Crippen LogP contribution < -0.4 is 0 Å². The Kier molecular flexibility index (Phi) is 3.36. The Bertz CT molecular complexity index is 785. The fraction of sp³-hybridized carbons (Fsp3) is 0.471. The van der Waals surface area contributed by atoms with Crippen molar-refractivity contribution in [3.63, 3.8) is 0 Å². The Hall–Kier alpha value is -2.30. The number of aryl methyl sites for hydroxylation is 1. The molecular weight excluding hydrogens is 292 g/mol. The van der Waals surface area contributed by atoms with Gasteiger partial charge in [-0.15, -0.1) is 0 Å². The van der Waals surface area contributed by atoms with Crippen molar-refractivity contribution in [3.05, 3.63) is 46.0 Å². The first-order chi connectivity index (χ1) is 11.2. The van der Waals surface area contributed by atoms with E-state index in [2.05, 4.69) is 38.9 Å². The van der Waals surface area contributed by atoms with Crippen LogP contribution in [0.25, 0.3) is 21.3 Å². The van der Waals surface area contributed by atoms with E-state index in [4.69, 9.17) is 10.3 Å². The van der Waals surface area contributed by atoms with Crippen LogP contribution in [0.3, 0.4) is 0 Å². The van der Waals surface area contributed by atoms with Crippen molar-refractivity contribution in [1.82, 2.24) is 4.57 Å². The van der Waals surface area contributed by atoms with E-state index < -0.39 is 11.5 Å². The van der Waals surface area contributed by atoms with Crippen molar-refractivity contribution >= 4 is 16.8 Å². The summed E-state index contributed by atoms with van der Waals surface area (Å²) in [5.41, 5.74) is 11.9. The number of fused-ring (bicyclic) bond motifs is 3. The number of hydrogen-bond donors (Lipinski definition) is 0. The maximum absolute atomic E-state index is 11.6. The van der Waals surface area contributed by atoms with Gasteiger partial charge >= 0.3 is 0 Å². The summed E-state index contributed by atoms with van der Waals surface area (Å²) in [5.74, 6) is -0.411. The zero-order chi connectivity index (χ0) is 15.9. The third kappa shape index (κ3) is 2.14. The fourth-order valence-electron chi connectivity index (χ4n) is 4.24. The Morgan fingerprint density at radius 3 is 3.17 bits per heavy atom. The summed E-state index contributed by atoms with van der Waals surface area (Å²) in [5, 5.41) is 4.50. The van der Waals surface area contributed by atoms with Crippen molar-refractivity contribution in [3.8, 4) is 0 Å². The molecule has 2 aliphatic rings. The second-order valence-electron chi connectivity index (χ2n) is 6.28. The molecule has 4 rings (SSSR count). The highest BCUT2D eigenvalue weighted by Crippen LogP contribution is 2.47. The fourth-order valence-corrected chi connectivity index (χ4v) is 4.24. The summed E-state index contributed by atoms with van der Waals surface area (Å²) in [6, 6.07) is 8.48. The van der Waals surface area contributed by atoms with Crippen molar-refractivity contribution in [2.24, 2.45) is 5.11 Å². The minimum absolute atomic E-state index is 0.227. The zero-order valence-corrected chi connectivity index (χ0v) is 12.9. The molecule has 1 aromatic carbocycles. The molecule has 0 spiro atoms. The van der Waals surface area contributed by atoms with Crippen LogP contribution >= 0.6 is 0 Å². The third-order valence-electron chi connectivity index (χ3n) is 5.10. The largest absolute Gasteiger partial charge is 0.368 e. The van der Waals surface area contributed by atoms with Gasteiger partial charge in [0, 0.05) is 28.8 Å². The molecule has 0 N–H and O–H groups in total. The number of benzene rings is 1. The molecule has 1 unspecified atom stereocenters. The first-order valence-electron chi connectivity index (χ1n) is 8.08. The van der Waals surface area contributed by atoms with E-state index in [1.807, 2.05) is 0 Å². The number of rotatable bonds is 3. The number of nitrogens with zero attached hydrogens (tertiary/aromatic N) is 4. The zero-order valence-electron chi connectivity index (χ0n) is 12.9. The minimum Gasteiger partial charge on any atom is -0.368 e. The lowest BCUT2D eigenvalue weighted by atomic mass is 9.81. The van der Waals surface area contributed by atoms with Gasteiger partial charge in [0.15, 0.2) is 0 Å². The van der Waals surface area contributed by atoms with E-state index in [1.165, 1.54) is 22.2 Å². The molecule has 0 aliphatic carbocycles. The molecule has 1 amide bonds. The van der Waals surface area contributed by atoms with E-state index >= 15 is 0 Å². The molecule has 6 heteroatoms. The third-order valence-corrected chi connectivity index (χ3v) is 5.10. The highest BCUT2D eigenvalue weighted by Gasteiger charge is 2.43. The summed E-state index contributed by atoms with van der Waals surface area (Å²) in [6.07, 6.45) is 3.66. The number of para-hydroxylation sites is 1. The van der Waals surface area contributed by atoms with Crippen LogP contribution in [0.15, 0.2) is 29.4 Å². The number of aromatic nitrogens is 1. The van der Waals surface area contributed by atoms with Crippen LogP contribution in [0.2, 0.25) is 0 Å². The van der Waals surface area contributed by atoms with Gasteiger partial charge in [-0.25, -0.2) is 0 Å². The first-order valence-corrected chi connectivity index (χ1v) is 8.08. The monoisotopic (exact) mass is 310 g/mol. The predicted octanol–water partition coefficient (Wildman–Crippen LogP) is 3.82. The van der Waals surface area contributed by atoms with Gasteiger partial charge in [-0.05, 0) is 48.0 Å². The highest BCUT2D eigenvalue weighted by atomic mass is 16.5. The molecule has 1 aromatic heterocycles. The van der Waals surface area contributed by atoms with E-state index in [-0.39, 0.29) is 6.42 Å². The number of carbonyl (C=O) groups excluding carboxylic acids is 1. The molecule has 6 nitrogen and oxygen atoms in total. The van der Waals surface area contributed by atoms with Crippen LogP contribution in [0, 0.1) is 0 Å². The van der Waals surface area contributed by atoms with Crippen LogP contribution in [0.1, 0.15) is 36.9 Å². The molecule has 1 atom stereocenters. The molecule has 0 radical (unpaired) electrons. The van der Waals surface area contributed by atoms with Crippen LogP contribution in [-0.2, 0) is 28.1 Å². The summed E-state index contributed by atoms with van der Waals surface area (Å²) >= 11 is 0. The number of ether oxygens (including phenoxy) is 1. The Morgan fingerprint density at radius 1 is 1.43 bits per heavy atom. The van der Waals surface area contributed by atoms with Crippen molar-refractivity contribution in [1.29, 1.82) is 0 Å². The first kappa shape index (κ1) is 14.3. The molecule has 2 aromatic rings. The van der Waals surface area contributed by atoms with Gasteiger partial charge in [-0.3, -0.25) is 4.79 Å². The number of amides is 1. The normalized spacial score (nSPS) is 22.4. The lowest BCUT2D eigenvalue weighted by molar-refractivity contribution is -0.123. The lowest BCUT2D eigenvalue weighted by Crippen LogP contribution is -2.40. The van der Waals surface area contributed by atoms with E-state index in [9.17, 15) is 4.79 Å². The van der Waals surface area contributed by atoms with Crippen LogP contribution in [0.5, 0.6) is 0 Å². The van der Waals surface area contributed by atoms with Crippen molar-refractivity contribution in [2.45, 2.75) is 44.2 Å². The predicted molar refractivity (Wildman–Crippen MR) is 85.9 cm³/mol. The molecule has 0 bridgehead atoms. The van der Waals surface area contributed by atoms with Crippen molar-refractivity contribution < 1.29 is 9.53 Å². The number of carbonyl (C=O) groups is 1. The summed E-state index contributed by atoms with van der Waals surface area (Å²) in [4.78, 5) is 14.2. The maximum atomic E-state index is 11.6. The van der Waals surface area contributed by atoms with Crippen LogP contribution in [-0.4, -0.2) is 17.1 Å². The maximum Gasteiger partial charge on any atom is 0.219 e. The second kappa shape index (κ2) is 5.41. The van der Waals surface area contributed by atoms with Gasteiger partial charge in [0.2, 0.25) is 5.91 Å². The molecule has 0 saturated carbocycles. The van der Waals surface area contributed by atoms with E-state index in [1.54, 1.807) is 0 Å². The highest BCUT2D eigenvalue weighted by molar-refractivity contribution is 5.86. The molecular formula is C17H18N4O2. The molecule has 0 saturated heterocycles. The molecule has 2 aliphatic heterocycles. The average Bonchev–Trinajstić information content (AvgIpc) is 2.91. The number of hydrogen-bond acceptors (Lipinski definition) is 2. The average molecular weight is 310 g/mol. The topological polar surface area (TPSA) is 80.0 Å². The smallest absolute Gasteiger partial charge is 0.219 e. The lowest BCUT2D eigenvalue weighted by Gasteiger charge is -2.42. The van der Waals surface area contributed by atoms with Gasteiger partial charge in [0.25, 0.3) is 0 Å². The minimum atomic E-state index is -0.411. The SMILES string of the molecule is [N-]=[N+]=NC(=O)CCC12CCCn3c1c(c1ccccc13)CCO2. The van der Waals surface area contributed by atoms with Gasteiger partial charge in [0.05, 0.1) is 12.3 Å². The van der Waals surface area contributed by atoms with Gasteiger partial charge in [-0.2, -0.15) is 0 Å². The quantitative estimate of drug-likeness (QED) is 0.490. The molecule has 3 heterocycles. The van der Waals surface area contributed by atoms with Gasteiger partial charge in [-0.1, -0.05) is 18.2 Å². The second-order valence-corrected chi connectivity index (χ2v) is 6.28. The van der Waals surface area contributed by atoms with Crippen molar-refractivity contribution in [2.75, 3.05) is 6.61 Å². The molecule has 0 fully saturated rings. The van der Waals surface area contributed by atoms with E-state index in [0.717, 1.165) is 25.8 Å². The summed E-state index contributed by atoms with van der Waals surface area (Å²) in [6.45, 7) is 1.67. The molecule has 23 heavy (non-hydrogen) atoms. The Morgan fingerprint density at radius 2 is 2.30 bits per heavy atom. The van der Waals surface area contributed by atoms with E-state index in [0.29, 0.717) is 13.0 Å². The summed E-state index contributed by atoms with van der Waals surface area (Å²) in [7, 11) is 0.